The van der Waals surface area contributed by atoms with Gasteiger partial charge in [-0.05, 0) is 13.8 Å². The molecule has 1 aliphatic rings. The van der Waals surface area contributed by atoms with Crippen LogP contribution in [0.2, 0.25) is 0 Å². The fraction of sp³-hybridized carbons (Fsp3) is 0.357. The van der Waals surface area contributed by atoms with E-state index in [1.54, 1.807) is 6.92 Å². The highest BCUT2D eigenvalue weighted by Gasteiger charge is 2.40. The summed E-state index contributed by atoms with van der Waals surface area (Å²) in [6.07, 6.45) is 1.74. The molecule has 2 rings (SSSR count). The smallest absolute Gasteiger partial charge is 0.244 e. The second kappa shape index (κ2) is 4.72. The van der Waals surface area contributed by atoms with Crippen LogP contribution in [0.5, 0.6) is 0 Å². The Morgan fingerprint density at radius 3 is 2.65 bits per heavy atom. The summed E-state index contributed by atoms with van der Waals surface area (Å²) in [7, 11) is 0. The van der Waals surface area contributed by atoms with E-state index in [1.165, 1.54) is 6.08 Å². The fourth-order valence-electron chi connectivity index (χ4n) is 2.08. The van der Waals surface area contributed by atoms with Crippen LogP contribution in [-0.2, 0) is 20.1 Å². The third kappa shape index (κ3) is 2.39. The van der Waals surface area contributed by atoms with Crippen molar-refractivity contribution in [1.29, 1.82) is 0 Å². The largest absolute Gasteiger partial charge is 0.462 e. The second-order valence-electron chi connectivity index (χ2n) is 4.05. The van der Waals surface area contributed by atoms with Gasteiger partial charge in [-0.2, -0.15) is 0 Å². The van der Waals surface area contributed by atoms with Gasteiger partial charge in [0.25, 0.3) is 0 Å². The van der Waals surface area contributed by atoms with Crippen molar-refractivity contribution in [2.24, 2.45) is 0 Å². The van der Waals surface area contributed by atoms with Gasteiger partial charge in [0.05, 0.1) is 6.42 Å². The first-order valence-electron chi connectivity index (χ1n) is 5.76. The lowest BCUT2D eigenvalue weighted by atomic mass is 9.97. The lowest BCUT2D eigenvalue weighted by molar-refractivity contribution is -0.228. The minimum atomic E-state index is -0.952. The number of hydrogen-bond donors (Lipinski definition) is 0. The normalized spacial score (nSPS) is 24.1. The maximum Gasteiger partial charge on any atom is 0.244 e. The molecule has 1 heterocycles. The van der Waals surface area contributed by atoms with Crippen LogP contribution in [0.3, 0.4) is 0 Å². The number of allylic oxidation sites excluding steroid dienone is 2. The van der Waals surface area contributed by atoms with Crippen molar-refractivity contribution in [3.8, 4) is 0 Å². The first kappa shape index (κ1) is 11.9. The Balaban J connectivity index is 2.41. The van der Waals surface area contributed by atoms with E-state index in [0.29, 0.717) is 12.4 Å². The minimum absolute atomic E-state index is 0.0334. The summed E-state index contributed by atoms with van der Waals surface area (Å²) in [5, 5.41) is 0. The molecule has 0 aliphatic carbocycles. The summed E-state index contributed by atoms with van der Waals surface area (Å²) in [5.74, 6) is -0.323. The number of ketones is 1. The highest BCUT2D eigenvalue weighted by Crippen LogP contribution is 2.36. The van der Waals surface area contributed by atoms with Gasteiger partial charge in [-0.15, -0.1) is 0 Å². The van der Waals surface area contributed by atoms with Crippen LogP contribution in [-0.4, -0.2) is 12.4 Å². The lowest BCUT2D eigenvalue weighted by Crippen LogP contribution is -2.37. The molecular formula is C14H16O3. The van der Waals surface area contributed by atoms with Crippen molar-refractivity contribution >= 4 is 5.78 Å². The SMILES string of the molecule is CCOC1(c2ccccc2)CC(=O)C=C(C)O1. The maximum absolute atomic E-state index is 11.7. The van der Waals surface area contributed by atoms with Crippen molar-refractivity contribution in [2.75, 3.05) is 6.61 Å². The molecule has 0 spiro atoms. The molecule has 3 heteroatoms. The molecule has 0 aromatic heterocycles. The molecule has 0 amide bonds. The summed E-state index contributed by atoms with van der Waals surface area (Å²) < 4.78 is 11.5. The number of hydrogen-bond acceptors (Lipinski definition) is 3. The molecule has 17 heavy (non-hydrogen) atoms. The zero-order valence-electron chi connectivity index (χ0n) is 10.1. The Morgan fingerprint density at radius 2 is 2.06 bits per heavy atom. The van der Waals surface area contributed by atoms with Gasteiger partial charge in [0, 0.05) is 18.2 Å². The summed E-state index contributed by atoms with van der Waals surface area (Å²) in [4.78, 5) is 11.7. The van der Waals surface area contributed by atoms with Crippen molar-refractivity contribution in [1.82, 2.24) is 0 Å². The van der Waals surface area contributed by atoms with Gasteiger partial charge in [0.15, 0.2) is 5.78 Å². The lowest BCUT2D eigenvalue weighted by Gasteiger charge is -2.36. The topological polar surface area (TPSA) is 35.5 Å². The summed E-state index contributed by atoms with van der Waals surface area (Å²) in [6.45, 7) is 4.16. The van der Waals surface area contributed by atoms with Crippen LogP contribution in [0.25, 0.3) is 0 Å². The Kier molecular flexibility index (Phi) is 3.29. The number of carbonyl (C=O) groups excluding carboxylic acids is 1. The zero-order chi connectivity index (χ0) is 12.3. The highest BCUT2D eigenvalue weighted by molar-refractivity contribution is 5.91. The van der Waals surface area contributed by atoms with E-state index in [1.807, 2.05) is 37.3 Å². The van der Waals surface area contributed by atoms with E-state index in [2.05, 4.69) is 0 Å². The standard InChI is InChI=1S/C14H16O3/c1-3-16-14(12-7-5-4-6-8-12)10-13(15)9-11(2)17-14/h4-9H,3,10H2,1-2H3. The van der Waals surface area contributed by atoms with E-state index in [9.17, 15) is 4.79 Å². The van der Waals surface area contributed by atoms with Crippen molar-refractivity contribution in [3.05, 3.63) is 47.7 Å². The van der Waals surface area contributed by atoms with Crippen molar-refractivity contribution < 1.29 is 14.3 Å². The summed E-state index contributed by atoms with van der Waals surface area (Å²) in [5.41, 5.74) is 0.877. The Morgan fingerprint density at radius 1 is 1.35 bits per heavy atom. The maximum atomic E-state index is 11.7. The van der Waals surface area contributed by atoms with Crippen molar-refractivity contribution in [3.63, 3.8) is 0 Å². The molecule has 1 unspecified atom stereocenters. The number of rotatable bonds is 3. The number of carbonyl (C=O) groups is 1. The monoisotopic (exact) mass is 232 g/mol. The van der Waals surface area contributed by atoms with Crippen LogP contribution in [0.4, 0.5) is 0 Å². The van der Waals surface area contributed by atoms with Crippen LogP contribution in [0.15, 0.2) is 42.2 Å². The van der Waals surface area contributed by atoms with E-state index >= 15 is 0 Å². The van der Waals surface area contributed by atoms with Crippen LogP contribution >= 0.6 is 0 Å². The van der Waals surface area contributed by atoms with Crippen LogP contribution < -0.4 is 0 Å². The van der Waals surface area contributed by atoms with Gasteiger partial charge < -0.3 is 9.47 Å². The predicted molar refractivity (Wildman–Crippen MR) is 64.2 cm³/mol. The van der Waals surface area contributed by atoms with Crippen LogP contribution in [0.1, 0.15) is 25.8 Å². The third-order valence-electron chi connectivity index (χ3n) is 2.69. The summed E-state index contributed by atoms with van der Waals surface area (Å²) >= 11 is 0. The van der Waals surface area contributed by atoms with E-state index < -0.39 is 5.79 Å². The molecule has 1 aromatic rings. The summed E-state index contributed by atoms with van der Waals surface area (Å²) in [6, 6.07) is 9.59. The van der Waals surface area contributed by atoms with Crippen molar-refractivity contribution in [2.45, 2.75) is 26.1 Å². The number of ether oxygens (including phenoxy) is 2. The van der Waals surface area contributed by atoms with Gasteiger partial charge >= 0.3 is 0 Å². The van der Waals surface area contributed by atoms with Gasteiger partial charge in [0.1, 0.15) is 5.76 Å². The molecule has 0 saturated heterocycles. The molecule has 1 aliphatic heterocycles. The van der Waals surface area contributed by atoms with E-state index in [-0.39, 0.29) is 12.2 Å². The molecule has 0 fully saturated rings. The predicted octanol–water partition coefficient (Wildman–Crippen LogP) is 2.77. The first-order chi connectivity index (χ1) is 8.16. The molecule has 0 bridgehead atoms. The molecule has 1 atom stereocenters. The molecule has 90 valence electrons. The first-order valence-corrected chi connectivity index (χ1v) is 5.76. The molecule has 0 saturated carbocycles. The van der Waals surface area contributed by atoms with Gasteiger partial charge in [-0.1, -0.05) is 30.3 Å². The number of benzene rings is 1. The van der Waals surface area contributed by atoms with Gasteiger partial charge in [-0.3, -0.25) is 4.79 Å². The second-order valence-corrected chi connectivity index (χ2v) is 4.05. The average molecular weight is 232 g/mol. The molecule has 3 nitrogen and oxygen atoms in total. The Hall–Kier alpha value is -1.61. The minimum Gasteiger partial charge on any atom is -0.462 e. The average Bonchev–Trinajstić information content (AvgIpc) is 2.29. The highest BCUT2D eigenvalue weighted by atomic mass is 16.7. The molecule has 0 N–H and O–H groups in total. The van der Waals surface area contributed by atoms with E-state index in [0.717, 1.165) is 5.56 Å². The molecule has 0 radical (unpaired) electrons. The molecule has 1 aromatic carbocycles. The molecular weight excluding hydrogens is 216 g/mol. The zero-order valence-corrected chi connectivity index (χ0v) is 10.1. The fourth-order valence-corrected chi connectivity index (χ4v) is 2.08. The van der Waals surface area contributed by atoms with Crippen LogP contribution in [0, 0.1) is 0 Å². The Labute approximate surface area is 101 Å². The quantitative estimate of drug-likeness (QED) is 0.803. The third-order valence-corrected chi connectivity index (χ3v) is 2.69. The Bertz CT molecular complexity index is 436. The van der Waals surface area contributed by atoms with E-state index in [4.69, 9.17) is 9.47 Å². The van der Waals surface area contributed by atoms with Gasteiger partial charge in [0.2, 0.25) is 5.79 Å². The van der Waals surface area contributed by atoms with Gasteiger partial charge in [-0.25, -0.2) is 0 Å².